The Kier molecular flexibility index (Phi) is 9.71. The van der Waals surface area contributed by atoms with E-state index in [0.717, 1.165) is 0 Å². The van der Waals surface area contributed by atoms with Crippen LogP contribution in [0.2, 0.25) is 0 Å². The van der Waals surface area contributed by atoms with Gasteiger partial charge in [0.1, 0.15) is 5.41 Å². The molecule has 0 spiro atoms. The molecule has 0 aliphatic carbocycles. The Balaban J connectivity index is 4.63. The normalized spacial score (nSPS) is 16.1. The van der Waals surface area contributed by atoms with Gasteiger partial charge in [-0.25, -0.2) is 0 Å². The number of alkyl halides is 6. The topological polar surface area (TPSA) is 69.9 Å². The van der Waals surface area contributed by atoms with Gasteiger partial charge in [-0.3, -0.25) is 0 Å². The minimum absolute atomic E-state index is 0.0668. The van der Waals surface area contributed by atoms with Gasteiger partial charge in [-0.2, -0.15) is 26.3 Å². The highest BCUT2D eigenvalue weighted by atomic mass is 19.4. The third-order valence-corrected chi connectivity index (χ3v) is 4.25. The molecule has 0 rings (SSSR count). The number of ether oxygens (including phenoxy) is 1. The third-order valence-electron chi connectivity index (χ3n) is 4.25. The second-order valence-electron chi connectivity index (χ2n) is 6.45. The summed E-state index contributed by atoms with van der Waals surface area (Å²) in [6.45, 7) is -2.49. The lowest BCUT2D eigenvalue weighted by Gasteiger charge is -2.34. The molecule has 0 aromatic heterocycles. The second kappa shape index (κ2) is 9.94. The summed E-state index contributed by atoms with van der Waals surface area (Å²) in [4.78, 5) is 0. The molecule has 1 atom stereocenters. The van der Waals surface area contributed by atoms with Crippen molar-refractivity contribution < 1.29 is 46.4 Å². The summed E-state index contributed by atoms with van der Waals surface area (Å²) in [6.07, 6.45) is -11.1. The molecular formula is C15H26F6O4. The SMILES string of the molecule is CCCC(CO)(COCCCC(CO)(CO)CC(F)(F)F)C(F)(F)F. The molecule has 0 bridgehead atoms. The predicted molar refractivity (Wildman–Crippen MR) is 77.8 cm³/mol. The van der Waals surface area contributed by atoms with Crippen molar-refractivity contribution in [3.8, 4) is 0 Å². The van der Waals surface area contributed by atoms with E-state index in [1.807, 2.05) is 0 Å². The quantitative estimate of drug-likeness (QED) is 0.357. The number of aliphatic hydroxyl groups excluding tert-OH is 3. The lowest BCUT2D eigenvalue weighted by Crippen LogP contribution is -2.45. The summed E-state index contributed by atoms with van der Waals surface area (Å²) in [6, 6.07) is 0. The molecule has 152 valence electrons. The van der Waals surface area contributed by atoms with E-state index in [1.54, 1.807) is 0 Å². The molecule has 0 saturated carbocycles. The van der Waals surface area contributed by atoms with Gasteiger partial charge in [0, 0.05) is 12.0 Å². The largest absolute Gasteiger partial charge is 0.398 e. The van der Waals surface area contributed by atoms with Crippen LogP contribution in [0.3, 0.4) is 0 Å². The maximum Gasteiger partial charge on any atom is 0.398 e. The molecule has 0 amide bonds. The van der Waals surface area contributed by atoms with Crippen molar-refractivity contribution in [2.45, 2.75) is 51.4 Å². The van der Waals surface area contributed by atoms with Crippen LogP contribution in [0.1, 0.15) is 39.0 Å². The molecule has 0 aliphatic rings. The van der Waals surface area contributed by atoms with Gasteiger partial charge < -0.3 is 20.1 Å². The van der Waals surface area contributed by atoms with E-state index in [-0.39, 0.29) is 32.3 Å². The Morgan fingerprint density at radius 3 is 1.76 bits per heavy atom. The maximum atomic E-state index is 13.1. The number of rotatable bonds is 12. The van der Waals surface area contributed by atoms with E-state index < -0.39 is 56.0 Å². The number of aliphatic hydroxyl groups is 3. The molecule has 0 aromatic carbocycles. The van der Waals surface area contributed by atoms with E-state index in [9.17, 15) is 26.3 Å². The van der Waals surface area contributed by atoms with Gasteiger partial charge in [0.05, 0.1) is 32.8 Å². The highest BCUT2D eigenvalue weighted by Crippen LogP contribution is 2.42. The van der Waals surface area contributed by atoms with E-state index in [2.05, 4.69) is 0 Å². The lowest BCUT2D eigenvalue weighted by atomic mass is 9.81. The average Bonchev–Trinajstić information content (AvgIpc) is 2.50. The Bertz CT molecular complexity index is 368. The van der Waals surface area contributed by atoms with Crippen LogP contribution in [0.25, 0.3) is 0 Å². The van der Waals surface area contributed by atoms with Crippen molar-refractivity contribution in [3.05, 3.63) is 0 Å². The summed E-state index contributed by atoms with van der Waals surface area (Å²) in [5.41, 5.74) is -4.19. The first-order valence-electron chi connectivity index (χ1n) is 7.95. The van der Waals surface area contributed by atoms with Gasteiger partial charge in [0.15, 0.2) is 0 Å². The number of hydrogen-bond acceptors (Lipinski definition) is 4. The summed E-state index contributed by atoms with van der Waals surface area (Å²) in [5.74, 6) is 0. The van der Waals surface area contributed by atoms with Crippen molar-refractivity contribution >= 4 is 0 Å². The Hall–Kier alpha value is -0.580. The minimum atomic E-state index is -4.67. The van der Waals surface area contributed by atoms with Crippen molar-refractivity contribution in [3.63, 3.8) is 0 Å². The summed E-state index contributed by atoms with van der Waals surface area (Å²) < 4.78 is 81.9. The summed E-state index contributed by atoms with van der Waals surface area (Å²) in [5, 5.41) is 27.5. The molecular weight excluding hydrogens is 358 g/mol. The maximum absolute atomic E-state index is 13.1. The molecule has 0 aliphatic heterocycles. The minimum Gasteiger partial charge on any atom is -0.396 e. The zero-order valence-corrected chi connectivity index (χ0v) is 14.1. The van der Waals surface area contributed by atoms with Crippen LogP contribution in [-0.2, 0) is 4.74 Å². The zero-order chi connectivity index (χ0) is 19.8. The molecule has 0 radical (unpaired) electrons. The first-order valence-corrected chi connectivity index (χ1v) is 7.95. The van der Waals surface area contributed by atoms with Gasteiger partial charge in [-0.05, 0) is 19.3 Å². The zero-order valence-electron chi connectivity index (χ0n) is 14.1. The first-order chi connectivity index (χ1) is 11.4. The van der Waals surface area contributed by atoms with Crippen LogP contribution in [0, 0.1) is 10.8 Å². The van der Waals surface area contributed by atoms with Crippen molar-refractivity contribution in [1.82, 2.24) is 0 Å². The molecule has 0 saturated heterocycles. The molecule has 0 aromatic rings. The average molecular weight is 384 g/mol. The molecule has 4 nitrogen and oxygen atoms in total. The van der Waals surface area contributed by atoms with Gasteiger partial charge >= 0.3 is 12.4 Å². The van der Waals surface area contributed by atoms with Crippen LogP contribution in [0.15, 0.2) is 0 Å². The standard InChI is InChI=1S/C15H26F6O4/c1-2-4-13(10-24,15(19,20)21)11-25-6-3-5-12(8-22,9-23)7-14(16,17)18/h22-24H,2-11H2,1H3. The van der Waals surface area contributed by atoms with E-state index >= 15 is 0 Å². The third kappa shape index (κ3) is 7.67. The summed E-state index contributed by atoms with van der Waals surface area (Å²) >= 11 is 0. The van der Waals surface area contributed by atoms with E-state index in [0.29, 0.717) is 0 Å². The predicted octanol–water partition coefficient (Wildman–Crippen LogP) is 3.05. The smallest absolute Gasteiger partial charge is 0.396 e. The van der Waals surface area contributed by atoms with E-state index in [1.165, 1.54) is 6.92 Å². The Morgan fingerprint density at radius 1 is 0.840 bits per heavy atom. The van der Waals surface area contributed by atoms with Gasteiger partial charge in [0.2, 0.25) is 0 Å². The second-order valence-corrected chi connectivity index (χ2v) is 6.45. The summed E-state index contributed by atoms with van der Waals surface area (Å²) in [7, 11) is 0. The monoisotopic (exact) mass is 384 g/mol. The first kappa shape index (κ1) is 24.4. The van der Waals surface area contributed by atoms with Crippen LogP contribution in [-0.4, -0.2) is 60.7 Å². The van der Waals surface area contributed by atoms with Crippen LogP contribution in [0.4, 0.5) is 26.3 Å². The fourth-order valence-electron chi connectivity index (χ4n) is 2.64. The fourth-order valence-corrected chi connectivity index (χ4v) is 2.64. The number of halogens is 6. The highest BCUT2D eigenvalue weighted by Gasteiger charge is 2.53. The van der Waals surface area contributed by atoms with Crippen molar-refractivity contribution in [1.29, 1.82) is 0 Å². The Labute approximate surface area is 142 Å². The molecule has 0 heterocycles. The van der Waals surface area contributed by atoms with E-state index in [4.69, 9.17) is 20.1 Å². The fraction of sp³-hybridized carbons (Fsp3) is 1.00. The Morgan fingerprint density at radius 2 is 1.40 bits per heavy atom. The van der Waals surface area contributed by atoms with Gasteiger partial charge in [-0.1, -0.05) is 13.3 Å². The molecule has 0 fully saturated rings. The van der Waals surface area contributed by atoms with Crippen LogP contribution in [0.5, 0.6) is 0 Å². The van der Waals surface area contributed by atoms with Gasteiger partial charge in [0.25, 0.3) is 0 Å². The highest BCUT2D eigenvalue weighted by molar-refractivity contribution is 4.86. The number of hydrogen-bond donors (Lipinski definition) is 3. The molecule has 10 heteroatoms. The molecule has 3 N–H and O–H groups in total. The molecule has 25 heavy (non-hydrogen) atoms. The molecule has 1 unspecified atom stereocenters. The van der Waals surface area contributed by atoms with Gasteiger partial charge in [-0.15, -0.1) is 0 Å². The lowest BCUT2D eigenvalue weighted by molar-refractivity contribution is -0.254. The van der Waals surface area contributed by atoms with Crippen LogP contribution < -0.4 is 0 Å². The van der Waals surface area contributed by atoms with Crippen molar-refractivity contribution in [2.24, 2.45) is 10.8 Å². The van der Waals surface area contributed by atoms with Crippen molar-refractivity contribution in [2.75, 3.05) is 33.0 Å². The van der Waals surface area contributed by atoms with Crippen LogP contribution >= 0.6 is 0 Å².